The van der Waals surface area contributed by atoms with Crippen molar-refractivity contribution in [1.29, 1.82) is 5.26 Å². The summed E-state index contributed by atoms with van der Waals surface area (Å²) >= 11 is 0. The highest BCUT2D eigenvalue weighted by Crippen LogP contribution is 2.41. The number of fused-ring (bicyclic) bond motifs is 1. The summed E-state index contributed by atoms with van der Waals surface area (Å²) < 4.78 is 34.0. The third kappa shape index (κ3) is 3.86. The van der Waals surface area contributed by atoms with Crippen LogP contribution in [0.5, 0.6) is 0 Å². The molecule has 0 aromatic carbocycles. The van der Waals surface area contributed by atoms with E-state index in [1.807, 2.05) is 25.7 Å². The Hall–Kier alpha value is -3.94. The summed E-state index contributed by atoms with van der Waals surface area (Å²) in [6.45, 7) is 8.10. The summed E-state index contributed by atoms with van der Waals surface area (Å²) in [5, 5.41) is 22.4. The van der Waals surface area contributed by atoms with Gasteiger partial charge in [0.1, 0.15) is 12.4 Å². The van der Waals surface area contributed by atoms with Crippen molar-refractivity contribution in [2.75, 3.05) is 18.0 Å². The van der Waals surface area contributed by atoms with Crippen molar-refractivity contribution in [2.24, 2.45) is 7.05 Å². The van der Waals surface area contributed by atoms with E-state index in [1.54, 1.807) is 36.9 Å². The second kappa shape index (κ2) is 8.33. The first kappa shape index (κ1) is 23.8. The standard InChI is InChI=1S/C25H27F2N9/c1-15-10-16(12-28)20(35-8-6-25(27,7-9-35)23-32-30-14-34(23)5)19(31-15)17-11-18-21(26)36(24(2,3)4)33-22(18)29-13-17/h10-11,13-14H,6-9H2,1-5H3. The summed E-state index contributed by atoms with van der Waals surface area (Å²) in [7, 11) is 1.73. The van der Waals surface area contributed by atoms with Gasteiger partial charge in [0, 0.05) is 50.4 Å². The van der Waals surface area contributed by atoms with Crippen molar-refractivity contribution in [3.63, 3.8) is 0 Å². The van der Waals surface area contributed by atoms with E-state index in [2.05, 4.69) is 26.3 Å². The molecule has 9 nitrogen and oxygen atoms in total. The molecule has 0 saturated carbocycles. The fourth-order valence-corrected chi connectivity index (χ4v) is 4.79. The van der Waals surface area contributed by atoms with Crippen LogP contribution in [0.2, 0.25) is 0 Å². The van der Waals surface area contributed by atoms with Crippen molar-refractivity contribution >= 4 is 16.7 Å². The molecule has 0 bridgehead atoms. The van der Waals surface area contributed by atoms with Crippen molar-refractivity contribution in [1.82, 2.24) is 34.5 Å². The van der Waals surface area contributed by atoms with E-state index in [0.29, 0.717) is 52.8 Å². The number of rotatable bonds is 3. The van der Waals surface area contributed by atoms with E-state index in [4.69, 9.17) is 4.98 Å². The maximum atomic E-state index is 15.8. The van der Waals surface area contributed by atoms with Gasteiger partial charge in [0.05, 0.1) is 27.9 Å². The first-order valence-corrected chi connectivity index (χ1v) is 11.8. The van der Waals surface area contributed by atoms with E-state index in [-0.39, 0.29) is 18.2 Å². The van der Waals surface area contributed by atoms with Gasteiger partial charge in [0.2, 0.25) is 5.95 Å². The molecule has 0 amide bonds. The average molecular weight is 492 g/mol. The second-order valence-corrected chi connectivity index (χ2v) is 10.3. The normalized spacial score (nSPS) is 15.9. The van der Waals surface area contributed by atoms with Crippen LogP contribution in [0.1, 0.15) is 50.7 Å². The van der Waals surface area contributed by atoms with Gasteiger partial charge in [-0.3, -0.25) is 4.98 Å². The number of pyridine rings is 2. The van der Waals surface area contributed by atoms with Gasteiger partial charge in [-0.15, -0.1) is 15.3 Å². The zero-order valence-electron chi connectivity index (χ0n) is 20.9. The molecular weight excluding hydrogens is 464 g/mol. The molecule has 1 aliphatic heterocycles. The minimum Gasteiger partial charge on any atom is -0.368 e. The maximum absolute atomic E-state index is 15.8. The monoisotopic (exact) mass is 491 g/mol. The molecule has 1 saturated heterocycles. The zero-order chi connectivity index (χ0) is 25.8. The predicted molar refractivity (Wildman–Crippen MR) is 130 cm³/mol. The Morgan fingerprint density at radius 3 is 2.50 bits per heavy atom. The highest BCUT2D eigenvalue weighted by atomic mass is 19.1. The van der Waals surface area contributed by atoms with Crippen molar-refractivity contribution in [3.05, 3.63) is 47.7 Å². The summed E-state index contributed by atoms with van der Waals surface area (Å²) in [5.41, 5.74) is 0.863. The van der Waals surface area contributed by atoms with Crippen molar-refractivity contribution in [3.8, 4) is 17.3 Å². The fraction of sp³-hybridized carbons (Fsp3) is 0.440. The van der Waals surface area contributed by atoms with Crippen LogP contribution >= 0.6 is 0 Å². The molecule has 4 aromatic heterocycles. The topological polar surface area (TPSA) is 101 Å². The van der Waals surface area contributed by atoms with Gasteiger partial charge in [-0.25, -0.2) is 14.1 Å². The number of nitriles is 1. The van der Waals surface area contributed by atoms with E-state index in [9.17, 15) is 5.26 Å². The molecule has 1 aliphatic rings. The minimum atomic E-state index is -1.61. The lowest BCUT2D eigenvalue weighted by atomic mass is 9.91. The molecule has 5 heterocycles. The van der Waals surface area contributed by atoms with Gasteiger partial charge in [-0.05, 0) is 39.8 Å². The van der Waals surface area contributed by atoms with Gasteiger partial charge in [0.15, 0.2) is 17.1 Å². The quantitative estimate of drug-likeness (QED) is 0.424. The molecular formula is C25H27F2N9. The van der Waals surface area contributed by atoms with Crippen molar-refractivity contribution < 1.29 is 8.78 Å². The summed E-state index contributed by atoms with van der Waals surface area (Å²) in [5.74, 6) is -0.184. The molecule has 0 spiro atoms. The SMILES string of the molecule is Cc1cc(C#N)c(N2CCC(F)(c3nncn3C)CC2)c(-c2cnc3nn(C(C)(C)C)c(F)c3c2)n1. The lowest BCUT2D eigenvalue weighted by Crippen LogP contribution is -2.42. The van der Waals surface area contributed by atoms with Crippen LogP contribution in [-0.4, -0.2) is 47.6 Å². The largest absolute Gasteiger partial charge is 0.368 e. The number of aromatic nitrogens is 7. The van der Waals surface area contributed by atoms with Gasteiger partial charge in [0.25, 0.3) is 0 Å². The van der Waals surface area contributed by atoms with E-state index in [0.717, 1.165) is 0 Å². The number of anilines is 1. The second-order valence-electron chi connectivity index (χ2n) is 10.3. The molecule has 0 aliphatic carbocycles. The molecule has 0 unspecified atom stereocenters. The number of hydrogen-bond donors (Lipinski definition) is 0. The van der Waals surface area contributed by atoms with Crippen LogP contribution in [0.25, 0.3) is 22.3 Å². The van der Waals surface area contributed by atoms with E-state index >= 15 is 8.78 Å². The average Bonchev–Trinajstić information content (AvgIpc) is 3.42. The first-order chi connectivity index (χ1) is 17.0. The summed E-state index contributed by atoms with van der Waals surface area (Å²) in [6, 6.07) is 5.64. The first-order valence-electron chi connectivity index (χ1n) is 11.8. The molecule has 0 atom stereocenters. The van der Waals surface area contributed by atoms with Gasteiger partial charge < -0.3 is 9.47 Å². The Kier molecular flexibility index (Phi) is 5.50. The number of halogens is 2. The maximum Gasteiger partial charge on any atom is 0.221 e. The minimum absolute atomic E-state index is 0.183. The number of alkyl halides is 1. The molecule has 0 radical (unpaired) electrons. The predicted octanol–water partition coefficient (Wildman–Crippen LogP) is 4.16. The van der Waals surface area contributed by atoms with Crippen molar-refractivity contribution in [2.45, 2.75) is 51.7 Å². The molecule has 5 rings (SSSR count). The number of piperidine rings is 1. The van der Waals surface area contributed by atoms with Crippen LogP contribution in [0.4, 0.5) is 14.5 Å². The third-order valence-electron chi connectivity index (χ3n) is 6.60. The molecule has 4 aromatic rings. The van der Waals surface area contributed by atoms with Crippen LogP contribution in [0, 0.1) is 24.2 Å². The van der Waals surface area contributed by atoms with Crippen LogP contribution in [-0.2, 0) is 18.3 Å². The fourth-order valence-electron chi connectivity index (χ4n) is 4.79. The van der Waals surface area contributed by atoms with E-state index < -0.39 is 17.2 Å². The summed E-state index contributed by atoms with van der Waals surface area (Å²) in [4.78, 5) is 11.1. The molecule has 11 heteroatoms. The Labute approximate surface area is 207 Å². The third-order valence-corrected chi connectivity index (χ3v) is 6.60. The lowest BCUT2D eigenvalue weighted by Gasteiger charge is -2.37. The molecule has 1 fully saturated rings. The highest BCUT2D eigenvalue weighted by Gasteiger charge is 2.41. The smallest absolute Gasteiger partial charge is 0.221 e. The van der Waals surface area contributed by atoms with Crippen LogP contribution in [0.3, 0.4) is 0 Å². The van der Waals surface area contributed by atoms with Gasteiger partial charge in [-0.2, -0.15) is 9.65 Å². The van der Waals surface area contributed by atoms with Crippen LogP contribution < -0.4 is 4.90 Å². The Morgan fingerprint density at radius 2 is 1.89 bits per heavy atom. The molecule has 0 N–H and O–H groups in total. The molecule has 186 valence electrons. The van der Waals surface area contributed by atoms with Crippen LogP contribution in [0.15, 0.2) is 24.7 Å². The number of hydrogen-bond acceptors (Lipinski definition) is 7. The summed E-state index contributed by atoms with van der Waals surface area (Å²) in [6.07, 6.45) is 3.45. The van der Waals surface area contributed by atoms with E-state index in [1.165, 1.54) is 11.0 Å². The lowest BCUT2D eigenvalue weighted by molar-refractivity contribution is 0.109. The Morgan fingerprint density at radius 1 is 1.17 bits per heavy atom. The molecule has 36 heavy (non-hydrogen) atoms. The van der Waals surface area contributed by atoms with Gasteiger partial charge in [-0.1, -0.05) is 0 Å². The highest BCUT2D eigenvalue weighted by molar-refractivity contribution is 5.86. The number of aryl methyl sites for hydroxylation is 2. The van der Waals surface area contributed by atoms with Gasteiger partial charge >= 0.3 is 0 Å². The Balaban J connectivity index is 1.58. The zero-order valence-corrected chi connectivity index (χ0v) is 20.9. The number of nitrogens with zero attached hydrogens (tertiary/aromatic N) is 9. The Bertz CT molecular complexity index is 1500.